The monoisotopic (exact) mass is 221 g/mol. The number of aryl methyl sites for hydroxylation is 1. The van der Waals surface area contributed by atoms with Crippen molar-refractivity contribution < 1.29 is 9.18 Å². The van der Waals surface area contributed by atoms with Gasteiger partial charge in [0.1, 0.15) is 11.6 Å². The van der Waals surface area contributed by atoms with Crippen molar-refractivity contribution in [1.82, 2.24) is 0 Å². The highest BCUT2D eigenvalue weighted by molar-refractivity contribution is 5.81. The number of hydrogen-bond acceptors (Lipinski definition) is 2. The van der Waals surface area contributed by atoms with Gasteiger partial charge in [-0.1, -0.05) is 12.1 Å². The molecule has 0 spiro atoms. The molecule has 86 valence electrons. The van der Waals surface area contributed by atoms with Crippen molar-refractivity contribution >= 4 is 11.5 Å². The van der Waals surface area contributed by atoms with Crippen LogP contribution in [0.1, 0.15) is 25.3 Å². The lowest BCUT2D eigenvalue weighted by Gasteiger charge is -2.35. The van der Waals surface area contributed by atoms with E-state index in [1.54, 1.807) is 6.07 Å². The van der Waals surface area contributed by atoms with Crippen LogP contribution in [-0.2, 0) is 4.79 Å². The number of ketones is 1. The van der Waals surface area contributed by atoms with E-state index in [1.807, 2.05) is 24.8 Å². The minimum absolute atomic E-state index is 0.0943. The number of Topliss-reactive ketones (excluding diaryl/α,β-unsaturated/α-hetero) is 1. The number of benzene rings is 1. The zero-order valence-corrected chi connectivity index (χ0v) is 9.66. The molecule has 1 aliphatic rings. The lowest BCUT2D eigenvalue weighted by molar-refractivity contribution is -0.120. The summed E-state index contributed by atoms with van der Waals surface area (Å²) >= 11 is 0. The van der Waals surface area contributed by atoms with Crippen LogP contribution in [0, 0.1) is 12.7 Å². The molecule has 0 aromatic heterocycles. The minimum atomic E-state index is -0.193. The average molecular weight is 221 g/mol. The molecule has 0 bridgehead atoms. The summed E-state index contributed by atoms with van der Waals surface area (Å²) in [5.74, 6) is 0.0824. The predicted octanol–water partition coefficient (Wildman–Crippen LogP) is 2.69. The number of piperidine rings is 1. The third-order valence-electron chi connectivity index (χ3n) is 3.16. The van der Waals surface area contributed by atoms with Crippen molar-refractivity contribution in [2.45, 2.75) is 32.7 Å². The fraction of sp³-hybridized carbons (Fsp3) is 0.462. The molecule has 2 nitrogen and oxygen atoms in total. The second-order valence-corrected chi connectivity index (χ2v) is 4.44. The summed E-state index contributed by atoms with van der Waals surface area (Å²) < 4.78 is 13.8. The Morgan fingerprint density at radius 2 is 2.19 bits per heavy atom. The normalized spacial score (nSPS) is 21.3. The Hall–Kier alpha value is -1.38. The molecule has 0 saturated carbocycles. The molecule has 1 unspecified atom stereocenters. The number of para-hydroxylation sites is 1. The summed E-state index contributed by atoms with van der Waals surface area (Å²) in [4.78, 5) is 13.3. The van der Waals surface area contributed by atoms with Crippen molar-refractivity contribution in [3.8, 4) is 0 Å². The maximum atomic E-state index is 13.8. The van der Waals surface area contributed by atoms with Crippen LogP contribution in [0.2, 0.25) is 0 Å². The largest absolute Gasteiger partial charge is 0.365 e. The second-order valence-electron chi connectivity index (χ2n) is 4.44. The number of nitrogens with zero attached hydrogens (tertiary/aromatic N) is 1. The molecule has 0 aliphatic carbocycles. The van der Waals surface area contributed by atoms with Gasteiger partial charge in [0.25, 0.3) is 0 Å². The van der Waals surface area contributed by atoms with E-state index in [2.05, 4.69) is 0 Å². The van der Waals surface area contributed by atoms with Gasteiger partial charge in [-0.2, -0.15) is 0 Å². The molecular formula is C13H16FNO. The smallest absolute Gasteiger partial charge is 0.146 e. The van der Waals surface area contributed by atoms with Crippen LogP contribution in [-0.4, -0.2) is 18.4 Å². The van der Waals surface area contributed by atoms with Crippen molar-refractivity contribution in [2.75, 3.05) is 11.4 Å². The Balaban J connectivity index is 2.33. The molecule has 0 radical (unpaired) electrons. The Kier molecular flexibility index (Phi) is 2.95. The molecule has 1 aromatic carbocycles. The van der Waals surface area contributed by atoms with E-state index in [4.69, 9.17) is 0 Å². The fourth-order valence-electron chi connectivity index (χ4n) is 2.33. The van der Waals surface area contributed by atoms with E-state index < -0.39 is 0 Å². The van der Waals surface area contributed by atoms with Gasteiger partial charge in [-0.05, 0) is 25.5 Å². The number of hydrogen-bond donors (Lipinski definition) is 0. The number of carbonyl (C=O) groups is 1. The van der Waals surface area contributed by atoms with Gasteiger partial charge in [0, 0.05) is 25.4 Å². The summed E-state index contributed by atoms with van der Waals surface area (Å²) in [5.41, 5.74) is 1.59. The molecule has 1 saturated heterocycles. The number of rotatable bonds is 1. The summed E-state index contributed by atoms with van der Waals surface area (Å²) in [7, 11) is 0. The molecule has 1 aliphatic heterocycles. The van der Waals surface area contributed by atoms with Crippen molar-refractivity contribution in [3.05, 3.63) is 29.6 Å². The topological polar surface area (TPSA) is 20.3 Å². The van der Waals surface area contributed by atoms with Gasteiger partial charge in [0.05, 0.1) is 5.69 Å². The summed E-state index contributed by atoms with van der Waals surface area (Å²) in [5, 5.41) is 0. The molecule has 1 aromatic rings. The molecular weight excluding hydrogens is 205 g/mol. The molecule has 16 heavy (non-hydrogen) atoms. The van der Waals surface area contributed by atoms with Crippen molar-refractivity contribution in [2.24, 2.45) is 0 Å². The molecule has 0 N–H and O–H groups in total. The zero-order valence-electron chi connectivity index (χ0n) is 9.66. The Morgan fingerprint density at radius 1 is 1.44 bits per heavy atom. The Bertz CT molecular complexity index is 396. The molecule has 3 heteroatoms. The molecule has 0 amide bonds. The first-order valence-electron chi connectivity index (χ1n) is 5.63. The standard InChI is InChI=1S/C13H16FNO/c1-9-4-3-5-12(14)13(9)15-7-6-11(16)8-10(15)2/h3-5,10H,6-8H2,1-2H3. The summed E-state index contributed by atoms with van der Waals surface area (Å²) in [6.07, 6.45) is 1.05. The highest BCUT2D eigenvalue weighted by Crippen LogP contribution is 2.28. The first-order chi connectivity index (χ1) is 7.59. The second kappa shape index (κ2) is 4.24. The van der Waals surface area contributed by atoms with Gasteiger partial charge in [0.2, 0.25) is 0 Å². The van der Waals surface area contributed by atoms with E-state index in [-0.39, 0.29) is 17.6 Å². The first-order valence-corrected chi connectivity index (χ1v) is 5.63. The molecule has 2 rings (SSSR count). The van der Waals surface area contributed by atoms with Crippen LogP contribution in [0.15, 0.2) is 18.2 Å². The van der Waals surface area contributed by atoms with Crippen molar-refractivity contribution in [1.29, 1.82) is 0 Å². The van der Waals surface area contributed by atoms with E-state index in [1.165, 1.54) is 6.07 Å². The zero-order chi connectivity index (χ0) is 11.7. The first kappa shape index (κ1) is 11.1. The summed E-state index contributed by atoms with van der Waals surface area (Å²) in [6, 6.07) is 5.19. The van der Waals surface area contributed by atoms with E-state index in [0.717, 1.165) is 5.56 Å². The van der Waals surface area contributed by atoms with E-state index >= 15 is 0 Å². The minimum Gasteiger partial charge on any atom is -0.365 e. The highest BCUT2D eigenvalue weighted by Gasteiger charge is 2.26. The van der Waals surface area contributed by atoms with Crippen LogP contribution >= 0.6 is 0 Å². The van der Waals surface area contributed by atoms with Crippen LogP contribution in [0.3, 0.4) is 0 Å². The third kappa shape index (κ3) is 1.94. The summed E-state index contributed by atoms with van der Waals surface area (Å²) in [6.45, 7) is 4.51. The third-order valence-corrected chi connectivity index (χ3v) is 3.16. The maximum Gasteiger partial charge on any atom is 0.146 e. The van der Waals surface area contributed by atoms with Crippen molar-refractivity contribution in [3.63, 3.8) is 0 Å². The number of halogens is 1. The maximum absolute atomic E-state index is 13.8. The van der Waals surface area contributed by atoms with E-state index in [0.29, 0.717) is 25.1 Å². The van der Waals surface area contributed by atoms with Gasteiger partial charge in [-0.25, -0.2) is 4.39 Å². The number of carbonyl (C=O) groups excluding carboxylic acids is 1. The highest BCUT2D eigenvalue weighted by atomic mass is 19.1. The fourth-order valence-corrected chi connectivity index (χ4v) is 2.33. The SMILES string of the molecule is Cc1cccc(F)c1N1CCC(=O)CC1C. The van der Waals surface area contributed by atoms with Gasteiger partial charge >= 0.3 is 0 Å². The van der Waals surface area contributed by atoms with Gasteiger partial charge < -0.3 is 4.90 Å². The van der Waals surface area contributed by atoms with Gasteiger partial charge in [-0.3, -0.25) is 4.79 Å². The van der Waals surface area contributed by atoms with Gasteiger partial charge in [-0.15, -0.1) is 0 Å². The Morgan fingerprint density at radius 3 is 2.81 bits per heavy atom. The van der Waals surface area contributed by atoms with Gasteiger partial charge in [0.15, 0.2) is 0 Å². The lowest BCUT2D eigenvalue weighted by atomic mass is 10.00. The quantitative estimate of drug-likeness (QED) is 0.726. The van der Waals surface area contributed by atoms with Crippen LogP contribution in [0.25, 0.3) is 0 Å². The van der Waals surface area contributed by atoms with Crippen LogP contribution < -0.4 is 4.90 Å². The molecule has 1 heterocycles. The Labute approximate surface area is 95.1 Å². The molecule has 1 atom stereocenters. The van der Waals surface area contributed by atoms with Crippen LogP contribution in [0.4, 0.5) is 10.1 Å². The van der Waals surface area contributed by atoms with E-state index in [9.17, 15) is 9.18 Å². The predicted molar refractivity (Wildman–Crippen MR) is 62.2 cm³/mol. The lowest BCUT2D eigenvalue weighted by Crippen LogP contribution is -2.41. The van der Waals surface area contributed by atoms with Crippen LogP contribution in [0.5, 0.6) is 0 Å². The number of anilines is 1. The molecule has 1 fully saturated rings. The average Bonchev–Trinajstić information content (AvgIpc) is 2.20.